The second-order valence-corrected chi connectivity index (χ2v) is 6.20. The lowest BCUT2D eigenvalue weighted by atomic mass is 9.93. The summed E-state index contributed by atoms with van der Waals surface area (Å²) in [5.74, 6) is -0.762. The Hall–Kier alpha value is -3.76. The minimum absolute atomic E-state index is 0.00399. The third kappa shape index (κ3) is 3.93. The van der Waals surface area contributed by atoms with Gasteiger partial charge in [-0.3, -0.25) is 4.68 Å². The standard InChI is InChI=1S/C18H10ClF3N6O/c1-28-8-10(7-26-28)16-11(5-23)15(12(6-24)17(25)27-16)9-2-3-14(13(19)4-9)29-18(20,21)22/h2-4,7-8H,1H3,(H2,25,27). The average Bonchev–Trinajstić information content (AvgIpc) is 3.07. The van der Waals surface area contributed by atoms with E-state index in [0.29, 0.717) is 5.56 Å². The average molecular weight is 419 g/mol. The van der Waals surface area contributed by atoms with Gasteiger partial charge in [-0.2, -0.15) is 15.6 Å². The third-order valence-electron chi connectivity index (χ3n) is 3.87. The zero-order valence-electron chi connectivity index (χ0n) is 14.6. The molecule has 0 unspecified atom stereocenters. The van der Waals surface area contributed by atoms with Gasteiger partial charge in [-0.05, 0) is 17.7 Å². The summed E-state index contributed by atoms with van der Waals surface area (Å²) >= 11 is 5.93. The SMILES string of the molecule is Cn1cc(-c2nc(N)c(C#N)c(-c3ccc(OC(F)(F)F)c(Cl)c3)c2C#N)cn1. The second-order valence-electron chi connectivity index (χ2n) is 5.79. The van der Waals surface area contributed by atoms with E-state index in [1.165, 1.54) is 16.9 Å². The van der Waals surface area contributed by atoms with Crippen LogP contribution >= 0.6 is 11.6 Å². The van der Waals surface area contributed by atoms with Gasteiger partial charge in [0.1, 0.15) is 29.3 Å². The molecule has 2 N–H and O–H groups in total. The van der Waals surface area contributed by atoms with Crippen LogP contribution in [0, 0.1) is 22.7 Å². The number of benzene rings is 1. The predicted molar refractivity (Wildman–Crippen MR) is 97.4 cm³/mol. The number of halogens is 4. The number of pyridine rings is 1. The van der Waals surface area contributed by atoms with E-state index in [4.69, 9.17) is 17.3 Å². The summed E-state index contributed by atoms with van der Waals surface area (Å²) in [6, 6.07) is 7.26. The Labute approximate surface area is 167 Å². The largest absolute Gasteiger partial charge is 0.573 e. The normalized spacial score (nSPS) is 11.0. The number of rotatable bonds is 3. The van der Waals surface area contributed by atoms with Crippen molar-refractivity contribution in [1.29, 1.82) is 10.5 Å². The topological polar surface area (TPSA) is 114 Å². The number of hydrogen-bond acceptors (Lipinski definition) is 6. The molecule has 2 aromatic heterocycles. The molecular formula is C18H10ClF3N6O. The number of aromatic nitrogens is 3. The molecule has 0 saturated heterocycles. The number of nitrogens with zero attached hydrogens (tertiary/aromatic N) is 5. The lowest BCUT2D eigenvalue weighted by Gasteiger charge is -2.15. The molecular weight excluding hydrogens is 409 g/mol. The molecule has 3 rings (SSSR count). The molecule has 0 aliphatic heterocycles. The molecule has 0 aliphatic rings. The first-order chi connectivity index (χ1) is 13.6. The molecule has 0 aliphatic carbocycles. The second kappa shape index (κ2) is 7.34. The minimum Gasteiger partial charge on any atom is -0.404 e. The zero-order chi connectivity index (χ0) is 21.3. The monoisotopic (exact) mass is 418 g/mol. The molecule has 7 nitrogen and oxygen atoms in total. The van der Waals surface area contributed by atoms with Gasteiger partial charge in [-0.1, -0.05) is 17.7 Å². The molecule has 0 atom stereocenters. The van der Waals surface area contributed by atoms with Gasteiger partial charge in [0.2, 0.25) is 0 Å². The molecule has 0 amide bonds. The first kappa shape index (κ1) is 20.0. The summed E-state index contributed by atoms with van der Waals surface area (Å²) in [4.78, 5) is 4.15. The van der Waals surface area contributed by atoms with E-state index >= 15 is 0 Å². The predicted octanol–water partition coefficient (Wildman–Crippen LogP) is 4.03. The summed E-state index contributed by atoms with van der Waals surface area (Å²) in [7, 11) is 1.67. The van der Waals surface area contributed by atoms with Crippen molar-refractivity contribution in [3.8, 4) is 40.3 Å². The Bertz CT molecular complexity index is 1190. The van der Waals surface area contributed by atoms with Crippen LogP contribution in [0.25, 0.3) is 22.4 Å². The number of hydrogen-bond donors (Lipinski definition) is 1. The Morgan fingerprint density at radius 1 is 1.17 bits per heavy atom. The van der Waals surface area contributed by atoms with Crippen LogP contribution in [0.1, 0.15) is 11.1 Å². The highest BCUT2D eigenvalue weighted by Crippen LogP contribution is 2.39. The lowest BCUT2D eigenvalue weighted by molar-refractivity contribution is -0.274. The van der Waals surface area contributed by atoms with E-state index in [0.717, 1.165) is 12.1 Å². The van der Waals surface area contributed by atoms with E-state index in [1.807, 2.05) is 12.1 Å². The van der Waals surface area contributed by atoms with Crippen molar-refractivity contribution in [1.82, 2.24) is 14.8 Å². The van der Waals surface area contributed by atoms with Gasteiger partial charge in [-0.25, -0.2) is 4.98 Å². The van der Waals surface area contributed by atoms with E-state index in [2.05, 4.69) is 14.8 Å². The van der Waals surface area contributed by atoms with Crippen LogP contribution in [0.2, 0.25) is 5.02 Å². The number of nitrogen functional groups attached to an aromatic ring is 1. The maximum absolute atomic E-state index is 12.5. The highest BCUT2D eigenvalue weighted by atomic mass is 35.5. The van der Waals surface area contributed by atoms with Gasteiger partial charge in [-0.15, -0.1) is 13.2 Å². The quantitative estimate of drug-likeness (QED) is 0.687. The van der Waals surface area contributed by atoms with Crippen molar-refractivity contribution >= 4 is 17.4 Å². The number of nitriles is 2. The highest BCUT2D eigenvalue weighted by molar-refractivity contribution is 6.32. The van der Waals surface area contributed by atoms with E-state index in [1.54, 1.807) is 13.2 Å². The fourth-order valence-corrected chi connectivity index (χ4v) is 2.95. The minimum atomic E-state index is -4.92. The van der Waals surface area contributed by atoms with Crippen LogP contribution in [0.4, 0.5) is 19.0 Å². The van der Waals surface area contributed by atoms with Crippen LogP contribution in [0.5, 0.6) is 5.75 Å². The maximum Gasteiger partial charge on any atom is 0.573 e. The van der Waals surface area contributed by atoms with E-state index < -0.39 is 12.1 Å². The summed E-state index contributed by atoms with van der Waals surface area (Å²) in [6.07, 6.45) is -1.85. The molecule has 0 fully saturated rings. The molecule has 0 spiro atoms. The van der Waals surface area contributed by atoms with Gasteiger partial charge in [0.15, 0.2) is 0 Å². The fourth-order valence-electron chi connectivity index (χ4n) is 2.73. The molecule has 0 saturated carbocycles. The van der Waals surface area contributed by atoms with Crippen LogP contribution in [0.3, 0.4) is 0 Å². The van der Waals surface area contributed by atoms with Crippen molar-refractivity contribution < 1.29 is 17.9 Å². The molecule has 29 heavy (non-hydrogen) atoms. The number of ether oxygens (including phenoxy) is 1. The van der Waals surface area contributed by atoms with Crippen molar-refractivity contribution in [2.75, 3.05) is 5.73 Å². The Morgan fingerprint density at radius 2 is 1.86 bits per heavy atom. The molecule has 11 heteroatoms. The first-order valence-corrected chi connectivity index (χ1v) is 8.20. The third-order valence-corrected chi connectivity index (χ3v) is 4.17. The molecule has 3 aromatic rings. The lowest BCUT2D eigenvalue weighted by Crippen LogP contribution is -2.17. The van der Waals surface area contributed by atoms with Crippen molar-refractivity contribution in [2.45, 2.75) is 6.36 Å². The van der Waals surface area contributed by atoms with E-state index in [-0.39, 0.29) is 38.8 Å². The Morgan fingerprint density at radius 3 is 2.38 bits per heavy atom. The smallest absolute Gasteiger partial charge is 0.404 e. The summed E-state index contributed by atoms with van der Waals surface area (Å²) in [5, 5.41) is 22.9. The number of aryl methyl sites for hydroxylation is 1. The van der Waals surface area contributed by atoms with Gasteiger partial charge in [0.05, 0.1) is 22.5 Å². The summed E-state index contributed by atoms with van der Waals surface area (Å²) in [6.45, 7) is 0. The van der Waals surface area contributed by atoms with E-state index in [9.17, 15) is 23.7 Å². The Kier molecular flexibility index (Phi) is 5.06. The Balaban J connectivity index is 2.26. The summed E-state index contributed by atoms with van der Waals surface area (Å²) < 4.78 is 42.8. The molecule has 1 aromatic carbocycles. The highest BCUT2D eigenvalue weighted by Gasteiger charge is 2.32. The summed E-state index contributed by atoms with van der Waals surface area (Å²) in [5.41, 5.74) is 6.77. The first-order valence-electron chi connectivity index (χ1n) is 7.83. The maximum atomic E-state index is 12.5. The zero-order valence-corrected chi connectivity index (χ0v) is 15.4. The number of nitrogens with two attached hydrogens (primary N) is 1. The molecule has 0 bridgehead atoms. The molecule has 146 valence electrons. The van der Waals surface area contributed by atoms with Gasteiger partial charge in [0, 0.05) is 24.4 Å². The fraction of sp³-hybridized carbons (Fsp3) is 0.111. The van der Waals surface area contributed by atoms with Gasteiger partial charge < -0.3 is 10.5 Å². The number of anilines is 1. The number of alkyl halides is 3. The van der Waals surface area contributed by atoms with Crippen LogP contribution in [-0.4, -0.2) is 21.1 Å². The van der Waals surface area contributed by atoms with Crippen molar-refractivity contribution in [3.63, 3.8) is 0 Å². The molecule has 2 heterocycles. The van der Waals surface area contributed by atoms with Gasteiger partial charge in [0.25, 0.3) is 0 Å². The van der Waals surface area contributed by atoms with Crippen molar-refractivity contribution in [3.05, 3.63) is 46.7 Å². The van der Waals surface area contributed by atoms with Gasteiger partial charge >= 0.3 is 6.36 Å². The van der Waals surface area contributed by atoms with Crippen LogP contribution in [0.15, 0.2) is 30.6 Å². The van der Waals surface area contributed by atoms with Crippen LogP contribution < -0.4 is 10.5 Å². The van der Waals surface area contributed by atoms with Crippen LogP contribution in [-0.2, 0) is 7.05 Å². The van der Waals surface area contributed by atoms with Crippen molar-refractivity contribution in [2.24, 2.45) is 7.05 Å². The molecule has 0 radical (unpaired) electrons.